The smallest absolute Gasteiger partial charge is 0.258 e. The summed E-state index contributed by atoms with van der Waals surface area (Å²) in [5.74, 6) is 0.410. The van der Waals surface area contributed by atoms with Crippen molar-refractivity contribution in [2.45, 2.75) is 31.5 Å². The largest absolute Gasteiger partial charge is 0.467 e. The third-order valence-electron chi connectivity index (χ3n) is 4.86. The molecule has 2 N–H and O–H groups in total. The van der Waals surface area contributed by atoms with E-state index in [1.54, 1.807) is 18.6 Å². The lowest BCUT2D eigenvalue weighted by Gasteiger charge is -2.24. The van der Waals surface area contributed by atoms with Crippen molar-refractivity contribution in [3.8, 4) is 23.2 Å². The molecule has 154 valence electrons. The number of nitrogen functional groups attached to an aromatic ring is 1. The van der Waals surface area contributed by atoms with Crippen molar-refractivity contribution in [2.75, 3.05) is 12.8 Å². The summed E-state index contributed by atoms with van der Waals surface area (Å²) in [5, 5.41) is 14.8. The molecule has 1 atom stereocenters. The first-order valence-corrected chi connectivity index (χ1v) is 10.0. The van der Waals surface area contributed by atoms with E-state index in [1.165, 1.54) is 22.8 Å². The van der Waals surface area contributed by atoms with Crippen LogP contribution in [0.15, 0.2) is 29.4 Å². The molecule has 9 nitrogen and oxygen atoms in total. The van der Waals surface area contributed by atoms with E-state index in [0.29, 0.717) is 28.5 Å². The number of nitriles is 1. The van der Waals surface area contributed by atoms with E-state index in [-0.39, 0.29) is 17.8 Å². The van der Waals surface area contributed by atoms with Crippen LogP contribution in [-0.4, -0.2) is 31.3 Å². The van der Waals surface area contributed by atoms with Gasteiger partial charge < -0.3 is 10.5 Å². The lowest BCUT2D eigenvalue weighted by Crippen LogP contribution is -2.18. The van der Waals surface area contributed by atoms with E-state index in [1.807, 2.05) is 26.0 Å². The van der Waals surface area contributed by atoms with E-state index in [9.17, 15) is 5.26 Å². The van der Waals surface area contributed by atoms with Gasteiger partial charge in [0.1, 0.15) is 22.9 Å². The van der Waals surface area contributed by atoms with Gasteiger partial charge in [0.15, 0.2) is 5.82 Å². The molecule has 0 fully saturated rings. The van der Waals surface area contributed by atoms with Gasteiger partial charge in [0.25, 0.3) is 5.88 Å². The van der Waals surface area contributed by atoms with Gasteiger partial charge in [0.2, 0.25) is 0 Å². The maximum Gasteiger partial charge on any atom is 0.258 e. The normalized spacial score (nSPS) is 16.4. The maximum absolute atomic E-state index is 9.69. The summed E-state index contributed by atoms with van der Waals surface area (Å²) in [4.78, 5) is 14.4. The number of hydroxylamine groups is 1. The number of nitrogens with two attached hydrogens (primary N) is 1. The van der Waals surface area contributed by atoms with Crippen molar-refractivity contribution in [1.82, 2.24) is 24.2 Å². The van der Waals surface area contributed by atoms with Gasteiger partial charge in [-0.1, -0.05) is 23.8 Å². The first kappa shape index (κ1) is 20.2. The van der Waals surface area contributed by atoms with Crippen LogP contribution in [0.3, 0.4) is 0 Å². The molecule has 1 aliphatic heterocycles. The van der Waals surface area contributed by atoms with Crippen LogP contribution in [-0.2, 0) is 18.4 Å². The van der Waals surface area contributed by atoms with Crippen molar-refractivity contribution in [2.24, 2.45) is 7.05 Å². The number of hydrogen-bond donors (Lipinski definition) is 1. The molecule has 0 saturated carbocycles. The van der Waals surface area contributed by atoms with E-state index in [4.69, 9.17) is 15.3 Å². The van der Waals surface area contributed by atoms with Gasteiger partial charge in [-0.15, -0.1) is 4.47 Å². The van der Waals surface area contributed by atoms with Crippen molar-refractivity contribution in [3.63, 3.8) is 0 Å². The summed E-state index contributed by atoms with van der Waals surface area (Å²) in [7, 11) is 3.31. The fourth-order valence-electron chi connectivity index (χ4n) is 3.35. The van der Waals surface area contributed by atoms with Crippen LogP contribution in [0.5, 0.6) is 5.88 Å². The molecule has 10 heteroatoms. The highest BCUT2D eigenvalue weighted by Crippen LogP contribution is 2.38. The molecule has 0 aliphatic carbocycles. The average Bonchev–Trinajstić information content (AvgIpc) is 3.04. The van der Waals surface area contributed by atoms with E-state index in [2.05, 4.69) is 27.2 Å². The third kappa shape index (κ3) is 3.59. The Labute approximate surface area is 178 Å². The van der Waals surface area contributed by atoms with Crippen molar-refractivity contribution in [3.05, 3.63) is 46.8 Å². The average molecular weight is 424 g/mol. The Morgan fingerprint density at radius 2 is 2.20 bits per heavy atom. The molecular weight excluding hydrogens is 402 g/mol. The van der Waals surface area contributed by atoms with Crippen molar-refractivity contribution in [1.29, 1.82) is 5.26 Å². The van der Waals surface area contributed by atoms with Crippen LogP contribution in [0.4, 0.5) is 5.82 Å². The number of anilines is 1. The number of aromatic nitrogens is 4. The minimum Gasteiger partial charge on any atom is -0.467 e. The van der Waals surface area contributed by atoms with Gasteiger partial charge in [0.05, 0.1) is 31.1 Å². The summed E-state index contributed by atoms with van der Waals surface area (Å²) in [5.41, 5.74) is 10.6. The van der Waals surface area contributed by atoms with Crippen molar-refractivity contribution < 1.29 is 9.57 Å². The lowest BCUT2D eigenvalue weighted by molar-refractivity contribution is -0.0452. The van der Waals surface area contributed by atoms with Crippen LogP contribution < -0.4 is 10.5 Å². The summed E-state index contributed by atoms with van der Waals surface area (Å²) >= 11 is 1.29. The van der Waals surface area contributed by atoms with Gasteiger partial charge >= 0.3 is 0 Å². The van der Waals surface area contributed by atoms with Crippen LogP contribution in [0, 0.1) is 18.3 Å². The molecule has 0 unspecified atom stereocenters. The highest BCUT2D eigenvalue weighted by atomic mass is 32.2. The van der Waals surface area contributed by atoms with Crippen molar-refractivity contribution >= 4 is 17.8 Å². The predicted molar refractivity (Wildman–Crippen MR) is 112 cm³/mol. The number of aryl methyl sites for hydroxylation is 2. The van der Waals surface area contributed by atoms with Crippen LogP contribution in [0.2, 0.25) is 0 Å². The topological polar surface area (TPSA) is 115 Å². The molecule has 1 aromatic carbocycles. The van der Waals surface area contributed by atoms with E-state index >= 15 is 0 Å². The fraction of sp³-hybridized carbons (Fsp3) is 0.300. The van der Waals surface area contributed by atoms with E-state index in [0.717, 1.165) is 16.7 Å². The Morgan fingerprint density at radius 1 is 1.40 bits per heavy atom. The minimum absolute atomic E-state index is 0.187. The molecule has 0 spiro atoms. The van der Waals surface area contributed by atoms with Gasteiger partial charge in [-0.05, 0) is 25.0 Å². The zero-order chi connectivity index (χ0) is 21.4. The van der Waals surface area contributed by atoms with E-state index < -0.39 is 0 Å². The number of benzene rings is 1. The Kier molecular flexibility index (Phi) is 5.34. The highest BCUT2D eigenvalue weighted by Gasteiger charge is 2.26. The maximum atomic E-state index is 9.69. The molecule has 3 aromatic rings. The Hall–Kier alpha value is -3.13. The molecule has 0 radical (unpaired) electrons. The van der Waals surface area contributed by atoms with Gasteiger partial charge in [-0.25, -0.2) is 9.97 Å². The molecule has 1 aliphatic rings. The summed E-state index contributed by atoms with van der Waals surface area (Å²) in [6.45, 7) is 4.46. The molecule has 4 rings (SSSR count). The van der Waals surface area contributed by atoms with Gasteiger partial charge in [-0.3, -0.25) is 9.52 Å². The highest BCUT2D eigenvalue weighted by molar-refractivity contribution is 7.96. The number of fused-ring (bicyclic) bond motifs is 5. The molecular formula is C20H21N7O2S. The number of hydrogen-bond acceptors (Lipinski definition) is 9. The summed E-state index contributed by atoms with van der Waals surface area (Å²) in [6, 6.07) is 8.37. The predicted octanol–water partition coefficient (Wildman–Crippen LogP) is 3.16. The second-order valence-corrected chi connectivity index (χ2v) is 7.91. The van der Waals surface area contributed by atoms with Gasteiger partial charge in [-0.2, -0.15) is 10.4 Å². The summed E-state index contributed by atoms with van der Waals surface area (Å²) < 4.78 is 9.36. The standard InChI is InChI=1S/C20H21N7O2S/c1-11-5-6-13-10-27(28-4)30-20-17(16(8-21)26(3)25-20)15-9-23-18(22)19(24-15)29-12(2)14(13)7-11/h5-7,9,12H,10H2,1-4H3,(H2,22,23)/t12-/m1/s1. The van der Waals surface area contributed by atoms with Crippen LogP contribution >= 0.6 is 11.9 Å². The van der Waals surface area contributed by atoms with Gasteiger partial charge in [0, 0.05) is 19.0 Å². The third-order valence-corrected chi connectivity index (χ3v) is 5.80. The first-order chi connectivity index (χ1) is 14.4. The Balaban J connectivity index is 1.94. The molecule has 3 heterocycles. The second kappa shape index (κ2) is 7.95. The molecule has 2 aromatic heterocycles. The SMILES string of the molecule is CON1Cc2ccc(C)cc2[C@@H](C)Oc2nc(cnc2N)-c2c(nn(C)c2C#N)S1. The fourth-order valence-corrected chi connectivity index (χ4v) is 4.27. The number of rotatable bonds is 1. The Morgan fingerprint density at radius 3 is 2.93 bits per heavy atom. The van der Waals surface area contributed by atoms with Crippen LogP contribution in [0.1, 0.15) is 35.4 Å². The molecule has 0 amide bonds. The molecule has 30 heavy (non-hydrogen) atoms. The monoisotopic (exact) mass is 423 g/mol. The zero-order valence-corrected chi connectivity index (χ0v) is 17.9. The minimum atomic E-state index is -0.321. The lowest BCUT2D eigenvalue weighted by atomic mass is 10.0. The Bertz CT molecular complexity index is 1150. The number of nitrogens with zero attached hydrogens (tertiary/aromatic N) is 6. The molecule has 0 saturated heterocycles. The summed E-state index contributed by atoms with van der Waals surface area (Å²) in [6.07, 6.45) is 1.20. The number of ether oxygens (including phenoxy) is 1. The first-order valence-electron chi connectivity index (χ1n) is 9.27. The quantitative estimate of drug-likeness (QED) is 0.589. The zero-order valence-electron chi connectivity index (χ0n) is 17.1. The van der Waals surface area contributed by atoms with Crippen LogP contribution in [0.25, 0.3) is 11.3 Å². The molecule has 2 bridgehead atoms. The second-order valence-electron chi connectivity index (χ2n) is 6.94.